The number of rotatable bonds is 4. The van der Waals surface area contributed by atoms with Gasteiger partial charge in [-0.3, -0.25) is 4.79 Å². The average molecular weight is 232 g/mol. The number of hydrogen-bond donors (Lipinski definition) is 0. The van der Waals surface area contributed by atoms with Crippen LogP contribution >= 0.6 is 0 Å². The number of benzene rings is 1. The molecule has 1 heterocycles. The van der Waals surface area contributed by atoms with Crippen molar-refractivity contribution in [1.82, 2.24) is 0 Å². The fourth-order valence-corrected chi connectivity index (χ4v) is 1.68. The van der Waals surface area contributed by atoms with E-state index in [9.17, 15) is 4.79 Å². The summed E-state index contributed by atoms with van der Waals surface area (Å²) in [4.78, 5) is 11.9. The highest BCUT2D eigenvalue weighted by atomic mass is 16.6. The zero-order chi connectivity index (χ0) is 12.3. The molecule has 1 aliphatic rings. The number of Topliss-reactive ketones (excluding diaryl/α,β-unsaturated/α-hetero) is 1. The Kier molecular flexibility index (Phi) is 3.47. The maximum Gasteiger partial charge on any atom is 0.190 e. The van der Waals surface area contributed by atoms with E-state index in [2.05, 4.69) is 6.58 Å². The molecule has 0 fully saturated rings. The number of allylic oxidation sites excluding steroid dienone is 1. The summed E-state index contributed by atoms with van der Waals surface area (Å²) >= 11 is 0. The van der Waals surface area contributed by atoms with Crippen LogP contribution in [-0.4, -0.2) is 18.5 Å². The largest absolute Gasteiger partial charge is 0.485 e. The van der Waals surface area contributed by atoms with Crippen LogP contribution in [0.25, 0.3) is 0 Å². The second kappa shape index (κ2) is 5.04. The molecule has 0 spiro atoms. The van der Waals surface area contributed by atoms with Gasteiger partial charge in [0.15, 0.2) is 23.4 Å². The highest BCUT2D eigenvalue weighted by Gasteiger charge is 2.26. The Balaban J connectivity index is 1.97. The van der Waals surface area contributed by atoms with Gasteiger partial charge < -0.3 is 9.47 Å². The van der Waals surface area contributed by atoms with E-state index >= 15 is 0 Å². The van der Waals surface area contributed by atoms with Gasteiger partial charge in [0, 0.05) is 6.42 Å². The lowest BCUT2D eigenvalue weighted by Gasteiger charge is -2.25. The lowest BCUT2D eigenvalue weighted by molar-refractivity contribution is -0.128. The summed E-state index contributed by atoms with van der Waals surface area (Å²) in [5.41, 5.74) is 1.01. The topological polar surface area (TPSA) is 35.5 Å². The average Bonchev–Trinajstić information content (AvgIpc) is 2.35. The molecule has 1 atom stereocenters. The highest BCUT2D eigenvalue weighted by molar-refractivity contribution is 5.84. The van der Waals surface area contributed by atoms with E-state index in [1.54, 1.807) is 0 Å². The smallest absolute Gasteiger partial charge is 0.190 e. The predicted molar refractivity (Wildman–Crippen MR) is 65.4 cm³/mol. The van der Waals surface area contributed by atoms with Gasteiger partial charge in [-0.05, 0) is 25.5 Å². The van der Waals surface area contributed by atoms with E-state index in [1.165, 1.54) is 0 Å². The van der Waals surface area contributed by atoms with Gasteiger partial charge in [-0.1, -0.05) is 17.7 Å². The molecule has 3 heteroatoms. The van der Waals surface area contributed by atoms with Gasteiger partial charge in [-0.15, -0.1) is 6.58 Å². The van der Waals surface area contributed by atoms with Crippen molar-refractivity contribution < 1.29 is 14.3 Å². The Labute approximate surface area is 101 Å². The van der Waals surface area contributed by atoms with Gasteiger partial charge in [-0.25, -0.2) is 0 Å². The zero-order valence-electron chi connectivity index (χ0n) is 9.94. The first-order valence-electron chi connectivity index (χ1n) is 5.72. The Morgan fingerprint density at radius 2 is 2.06 bits per heavy atom. The van der Waals surface area contributed by atoms with E-state index in [0.717, 1.165) is 5.57 Å². The second-order valence-corrected chi connectivity index (χ2v) is 4.29. The van der Waals surface area contributed by atoms with Crippen LogP contribution in [0.15, 0.2) is 36.4 Å². The first-order chi connectivity index (χ1) is 8.16. The van der Waals surface area contributed by atoms with Crippen LogP contribution < -0.4 is 9.47 Å². The highest BCUT2D eigenvalue weighted by Crippen LogP contribution is 2.31. The lowest BCUT2D eigenvalue weighted by Crippen LogP contribution is -2.36. The second-order valence-electron chi connectivity index (χ2n) is 4.29. The summed E-state index contributed by atoms with van der Waals surface area (Å²) < 4.78 is 11.1. The number of carbonyl (C=O) groups excluding carboxylic acids is 1. The summed E-state index contributed by atoms with van der Waals surface area (Å²) in [6.07, 6.45) is 0.690. The normalized spacial score (nSPS) is 17.6. The van der Waals surface area contributed by atoms with Crippen molar-refractivity contribution in [3.63, 3.8) is 0 Å². The van der Waals surface area contributed by atoms with E-state index < -0.39 is 6.10 Å². The zero-order valence-corrected chi connectivity index (χ0v) is 9.94. The molecule has 3 nitrogen and oxygen atoms in total. The van der Waals surface area contributed by atoms with Gasteiger partial charge in [0.2, 0.25) is 0 Å². The summed E-state index contributed by atoms with van der Waals surface area (Å²) in [6, 6.07) is 7.39. The number of para-hydroxylation sites is 2. The van der Waals surface area contributed by atoms with E-state index in [0.29, 0.717) is 30.9 Å². The molecule has 0 aliphatic carbocycles. The molecule has 17 heavy (non-hydrogen) atoms. The van der Waals surface area contributed by atoms with Crippen molar-refractivity contribution in [1.29, 1.82) is 0 Å². The van der Waals surface area contributed by atoms with Crippen LogP contribution in [0.3, 0.4) is 0 Å². The van der Waals surface area contributed by atoms with Gasteiger partial charge >= 0.3 is 0 Å². The van der Waals surface area contributed by atoms with Gasteiger partial charge in [-0.2, -0.15) is 0 Å². The van der Waals surface area contributed by atoms with Crippen LogP contribution in [0.4, 0.5) is 0 Å². The Bertz CT molecular complexity index is 437. The predicted octanol–water partition coefficient (Wildman–Crippen LogP) is 2.75. The molecule has 0 bridgehead atoms. The molecule has 1 aliphatic heterocycles. The van der Waals surface area contributed by atoms with Crippen LogP contribution in [0, 0.1) is 0 Å². The lowest BCUT2D eigenvalue weighted by atomic mass is 10.1. The standard InChI is InChI=1S/C14H16O3/c1-10(2)7-8-11(15)14-9-16-12-5-3-4-6-13(12)17-14/h3-6,14H,1,7-9H2,2H3. The van der Waals surface area contributed by atoms with Gasteiger partial charge in [0.05, 0.1) is 0 Å². The van der Waals surface area contributed by atoms with Crippen molar-refractivity contribution in [2.75, 3.05) is 6.61 Å². The molecule has 90 valence electrons. The third kappa shape index (κ3) is 2.87. The quantitative estimate of drug-likeness (QED) is 0.749. The van der Waals surface area contributed by atoms with Crippen molar-refractivity contribution in [2.24, 2.45) is 0 Å². The van der Waals surface area contributed by atoms with Crippen LogP contribution in [0.1, 0.15) is 19.8 Å². The number of fused-ring (bicyclic) bond motifs is 1. The summed E-state index contributed by atoms with van der Waals surface area (Å²) in [5.74, 6) is 1.42. The number of ether oxygens (including phenoxy) is 2. The van der Waals surface area contributed by atoms with Gasteiger partial charge in [0.1, 0.15) is 6.61 Å². The number of ketones is 1. The molecule has 0 saturated carbocycles. The fraction of sp³-hybridized carbons (Fsp3) is 0.357. The molecule has 0 amide bonds. The Hall–Kier alpha value is -1.77. The summed E-state index contributed by atoms with van der Waals surface area (Å²) in [6.45, 7) is 6.00. The number of carbonyl (C=O) groups is 1. The minimum atomic E-state index is -0.482. The van der Waals surface area contributed by atoms with Crippen molar-refractivity contribution in [3.8, 4) is 11.5 Å². The minimum absolute atomic E-state index is 0.0718. The van der Waals surface area contributed by atoms with Crippen molar-refractivity contribution in [3.05, 3.63) is 36.4 Å². The summed E-state index contributed by atoms with van der Waals surface area (Å²) in [5, 5.41) is 0. The third-order valence-corrected chi connectivity index (χ3v) is 2.67. The minimum Gasteiger partial charge on any atom is -0.485 e. The molecule has 2 rings (SSSR count). The summed E-state index contributed by atoms with van der Waals surface area (Å²) in [7, 11) is 0. The van der Waals surface area contributed by atoms with Crippen molar-refractivity contribution in [2.45, 2.75) is 25.9 Å². The monoisotopic (exact) mass is 232 g/mol. The van der Waals surface area contributed by atoms with Crippen LogP contribution in [-0.2, 0) is 4.79 Å². The fourth-order valence-electron chi connectivity index (χ4n) is 1.68. The molecule has 1 aromatic carbocycles. The first-order valence-corrected chi connectivity index (χ1v) is 5.72. The Morgan fingerprint density at radius 1 is 1.35 bits per heavy atom. The van der Waals surface area contributed by atoms with Crippen molar-refractivity contribution >= 4 is 5.78 Å². The van der Waals surface area contributed by atoms with Crippen LogP contribution in [0.2, 0.25) is 0 Å². The molecule has 0 saturated heterocycles. The molecular weight excluding hydrogens is 216 g/mol. The SMILES string of the molecule is C=C(C)CCC(=O)C1COc2ccccc2O1. The molecule has 0 N–H and O–H groups in total. The van der Waals surface area contributed by atoms with E-state index in [4.69, 9.17) is 9.47 Å². The van der Waals surface area contributed by atoms with Crippen LogP contribution in [0.5, 0.6) is 11.5 Å². The Morgan fingerprint density at radius 3 is 2.76 bits per heavy atom. The molecule has 0 radical (unpaired) electrons. The van der Waals surface area contributed by atoms with E-state index in [1.807, 2.05) is 31.2 Å². The first kappa shape index (κ1) is 11.7. The molecular formula is C14H16O3. The third-order valence-electron chi connectivity index (χ3n) is 2.67. The van der Waals surface area contributed by atoms with E-state index in [-0.39, 0.29) is 5.78 Å². The maximum atomic E-state index is 11.9. The molecule has 0 aromatic heterocycles. The molecule has 1 unspecified atom stereocenters. The molecule has 1 aromatic rings. The number of hydrogen-bond acceptors (Lipinski definition) is 3. The van der Waals surface area contributed by atoms with Gasteiger partial charge in [0.25, 0.3) is 0 Å². The maximum absolute atomic E-state index is 11.9.